The normalized spacial score (nSPS) is 17.6. The fourth-order valence-corrected chi connectivity index (χ4v) is 5.52. The van der Waals surface area contributed by atoms with Gasteiger partial charge < -0.3 is 14.6 Å². The van der Waals surface area contributed by atoms with Gasteiger partial charge in [0.25, 0.3) is 0 Å². The highest BCUT2D eigenvalue weighted by molar-refractivity contribution is 5.99. The summed E-state index contributed by atoms with van der Waals surface area (Å²) in [6.07, 6.45) is 1.23. The first-order valence-corrected chi connectivity index (χ1v) is 12.7. The number of imidazole rings is 1. The van der Waals surface area contributed by atoms with E-state index in [0.29, 0.717) is 58.7 Å². The van der Waals surface area contributed by atoms with Crippen molar-refractivity contribution in [3.05, 3.63) is 90.3 Å². The Hall–Kier alpha value is -4.09. The summed E-state index contributed by atoms with van der Waals surface area (Å²) in [5.74, 6) is -0.682. The summed E-state index contributed by atoms with van der Waals surface area (Å²) >= 11 is 0. The number of nitrogens with zero attached hydrogens (tertiary/aromatic N) is 4. The minimum atomic E-state index is -4.47. The third-order valence-corrected chi connectivity index (χ3v) is 7.33. The molecule has 1 atom stereocenters. The van der Waals surface area contributed by atoms with E-state index >= 15 is 4.39 Å². The van der Waals surface area contributed by atoms with Gasteiger partial charge in [0.2, 0.25) is 5.91 Å². The van der Waals surface area contributed by atoms with Gasteiger partial charge in [0.15, 0.2) is 5.82 Å². The van der Waals surface area contributed by atoms with Crippen LogP contribution in [0.1, 0.15) is 22.7 Å². The van der Waals surface area contributed by atoms with Crippen molar-refractivity contribution < 1.29 is 27.1 Å². The molecule has 1 N–H and O–H groups in total. The Labute approximate surface area is 227 Å². The first-order chi connectivity index (χ1) is 19.2. The molecule has 4 heterocycles. The summed E-state index contributed by atoms with van der Waals surface area (Å²) in [4.78, 5) is 21.8. The highest BCUT2D eigenvalue weighted by atomic mass is 19.4. The third kappa shape index (κ3) is 4.86. The maximum Gasteiger partial charge on any atom is 0.401 e. The van der Waals surface area contributed by atoms with Crippen molar-refractivity contribution in [3.8, 4) is 11.1 Å². The Morgan fingerprint density at radius 1 is 1.15 bits per heavy atom. The molecular formula is C29H25F4N5O2. The van der Waals surface area contributed by atoms with Crippen molar-refractivity contribution in [3.63, 3.8) is 0 Å². The number of hydrogen-bond donors (Lipinski definition) is 1. The summed E-state index contributed by atoms with van der Waals surface area (Å²) in [5, 5.41) is 2.67. The number of aromatic nitrogens is 3. The Morgan fingerprint density at radius 2 is 1.98 bits per heavy atom. The van der Waals surface area contributed by atoms with E-state index in [1.807, 2.05) is 0 Å². The first kappa shape index (κ1) is 26.1. The number of amides is 1. The Kier molecular flexibility index (Phi) is 6.63. The van der Waals surface area contributed by atoms with Crippen LogP contribution in [0.15, 0.2) is 67.8 Å². The second kappa shape index (κ2) is 10.1. The lowest BCUT2D eigenvalue weighted by molar-refractivity contribution is -0.149. The quantitative estimate of drug-likeness (QED) is 0.244. The fraction of sp³-hybridized carbons (Fsp3) is 0.276. The van der Waals surface area contributed by atoms with Crippen molar-refractivity contribution in [2.45, 2.75) is 25.3 Å². The maximum absolute atomic E-state index is 16.2. The van der Waals surface area contributed by atoms with Gasteiger partial charge in [-0.3, -0.25) is 14.7 Å². The molecule has 1 saturated heterocycles. The van der Waals surface area contributed by atoms with Crippen LogP contribution in [-0.4, -0.2) is 51.3 Å². The van der Waals surface area contributed by atoms with Gasteiger partial charge in [0, 0.05) is 48.2 Å². The summed E-state index contributed by atoms with van der Waals surface area (Å²) in [5.41, 5.74) is 3.60. The first-order valence-electron chi connectivity index (χ1n) is 12.7. The predicted octanol–water partition coefficient (Wildman–Crippen LogP) is 5.48. The Balaban J connectivity index is 1.47. The van der Waals surface area contributed by atoms with Crippen LogP contribution < -0.4 is 5.32 Å². The average molecular weight is 552 g/mol. The number of rotatable bonds is 7. The zero-order valence-corrected chi connectivity index (χ0v) is 21.3. The summed E-state index contributed by atoms with van der Waals surface area (Å²) < 4.78 is 64.4. The lowest BCUT2D eigenvalue weighted by Crippen LogP contribution is -2.33. The number of fused-ring (bicyclic) bond motifs is 2. The molecule has 0 saturated carbocycles. The highest BCUT2D eigenvalue weighted by Gasteiger charge is 2.40. The molecule has 1 amide bonds. The number of alkyl halides is 3. The van der Waals surface area contributed by atoms with Crippen LogP contribution in [0.25, 0.3) is 22.2 Å². The maximum atomic E-state index is 16.2. The Bertz CT molecular complexity index is 1610. The SMILES string of the molecule is C=CC(=O)Nc1ccc2c(c1)C(c1cnccc1-c1ccc3ncn(CC4COC4)c3c1F)N(CC(F)(F)F)C2. The van der Waals surface area contributed by atoms with Gasteiger partial charge in [-0.05, 0) is 53.1 Å². The van der Waals surface area contributed by atoms with Crippen molar-refractivity contribution in [2.75, 3.05) is 25.1 Å². The zero-order valence-electron chi connectivity index (χ0n) is 21.3. The van der Waals surface area contributed by atoms with Crippen molar-refractivity contribution in [1.29, 1.82) is 0 Å². The zero-order chi connectivity index (χ0) is 28.0. The van der Waals surface area contributed by atoms with Crippen LogP contribution in [0.4, 0.5) is 23.2 Å². The molecule has 0 spiro atoms. The van der Waals surface area contributed by atoms with Crippen molar-refractivity contribution >= 4 is 22.6 Å². The number of hydrogen-bond acceptors (Lipinski definition) is 5. The summed E-state index contributed by atoms with van der Waals surface area (Å²) in [6, 6.07) is 9.05. The second-order valence-electron chi connectivity index (χ2n) is 10.1. The van der Waals surface area contributed by atoms with E-state index in [2.05, 4.69) is 21.9 Å². The number of benzene rings is 2. The number of carbonyl (C=O) groups is 1. The van der Waals surface area contributed by atoms with E-state index in [1.165, 1.54) is 17.3 Å². The number of nitrogens with one attached hydrogen (secondary N) is 1. The van der Waals surface area contributed by atoms with Gasteiger partial charge >= 0.3 is 6.18 Å². The fourth-order valence-electron chi connectivity index (χ4n) is 5.52. The van der Waals surface area contributed by atoms with Crippen molar-refractivity contribution in [1.82, 2.24) is 19.4 Å². The number of pyridine rings is 1. The molecular weight excluding hydrogens is 526 g/mol. The lowest BCUT2D eigenvalue weighted by Gasteiger charge is -2.28. The molecule has 7 nitrogen and oxygen atoms in total. The number of halogens is 4. The molecule has 0 bridgehead atoms. The molecule has 1 fully saturated rings. The molecule has 1 unspecified atom stereocenters. The molecule has 0 aliphatic carbocycles. The van der Waals surface area contributed by atoms with Gasteiger partial charge in [0.1, 0.15) is 5.52 Å². The van der Waals surface area contributed by atoms with Gasteiger partial charge in [-0.1, -0.05) is 12.6 Å². The van der Waals surface area contributed by atoms with E-state index < -0.39 is 30.5 Å². The molecule has 11 heteroatoms. The van der Waals surface area contributed by atoms with E-state index in [1.54, 1.807) is 47.3 Å². The monoisotopic (exact) mass is 551 g/mol. The van der Waals surface area contributed by atoms with Crippen LogP contribution in [0.2, 0.25) is 0 Å². The average Bonchev–Trinajstić information content (AvgIpc) is 3.46. The number of anilines is 1. The van der Waals surface area contributed by atoms with Crippen LogP contribution in [0, 0.1) is 11.7 Å². The standard InChI is InChI=1S/C29H25F4N5O2/c1-2-25(39)36-19-4-3-18-12-37(15-29(31,32)33)27(22(18)9-19)23-10-34-8-7-20(23)21-5-6-24-28(26(21)30)38(16-35-24)11-17-13-40-14-17/h2-10,16-17,27H,1,11-15H2,(H,36,39). The smallest absolute Gasteiger partial charge is 0.381 e. The topological polar surface area (TPSA) is 72.3 Å². The minimum absolute atomic E-state index is 0.0290. The largest absolute Gasteiger partial charge is 0.401 e. The van der Waals surface area contributed by atoms with E-state index in [4.69, 9.17) is 4.74 Å². The third-order valence-electron chi connectivity index (χ3n) is 7.33. The molecule has 2 aromatic heterocycles. The molecule has 206 valence electrons. The van der Waals surface area contributed by atoms with E-state index in [0.717, 1.165) is 6.08 Å². The molecule has 2 aromatic carbocycles. The van der Waals surface area contributed by atoms with E-state index in [-0.39, 0.29) is 18.0 Å². The minimum Gasteiger partial charge on any atom is -0.381 e. The number of carbonyl (C=O) groups excluding carboxylic acids is 1. The van der Waals surface area contributed by atoms with Gasteiger partial charge in [-0.15, -0.1) is 0 Å². The molecule has 6 rings (SSSR count). The lowest BCUT2D eigenvalue weighted by atomic mass is 9.91. The summed E-state index contributed by atoms with van der Waals surface area (Å²) in [6.45, 7) is 4.05. The molecule has 2 aliphatic rings. The highest BCUT2D eigenvalue weighted by Crippen LogP contribution is 2.45. The molecule has 0 radical (unpaired) electrons. The van der Waals surface area contributed by atoms with E-state index in [9.17, 15) is 18.0 Å². The van der Waals surface area contributed by atoms with Gasteiger partial charge in [0.05, 0.1) is 37.6 Å². The van der Waals surface area contributed by atoms with Crippen LogP contribution in [0.3, 0.4) is 0 Å². The molecule has 4 aromatic rings. The van der Waals surface area contributed by atoms with Crippen LogP contribution in [-0.2, 0) is 22.6 Å². The van der Waals surface area contributed by atoms with Crippen LogP contribution in [0.5, 0.6) is 0 Å². The second-order valence-corrected chi connectivity index (χ2v) is 10.1. The number of ether oxygens (including phenoxy) is 1. The van der Waals surface area contributed by atoms with Gasteiger partial charge in [-0.2, -0.15) is 13.2 Å². The Morgan fingerprint density at radius 3 is 2.70 bits per heavy atom. The predicted molar refractivity (Wildman–Crippen MR) is 141 cm³/mol. The van der Waals surface area contributed by atoms with Crippen molar-refractivity contribution in [2.24, 2.45) is 5.92 Å². The molecule has 2 aliphatic heterocycles. The van der Waals surface area contributed by atoms with Gasteiger partial charge in [-0.25, -0.2) is 9.37 Å². The molecule has 40 heavy (non-hydrogen) atoms. The van der Waals surface area contributed by atoms with Crippen LogP contribution >= 0.6 is 0 Å². The summed E-state index contributed by atoms with van der Waals surface area (Å²) in [7, 11) is 0.